The summed E-state index contributed by atoms with van der Waals surface area (Å²) in [4.78, 5) is 0. The monoisotopic (exact) mass is 304 g/mol. The molecule has 0 fully saturated rings. The minimum absolute atomic E-state index is 0.105. The van der Waals surface area contributed by atoms with Gasteiger partial charge in [-0.3, -0.25) is 0 Å². The summed E-state index contributed by atoms with van der Waals surface area (Å²) in [7, 11) is 0. The Bertz CT molecular complexity index is 332. The fraction of sp³-hybridized carbons (Fsp3) is 0.500. The van der Waals surface area contributed by atoms with Gasteiger partial charge in [-0.25, -0.2) is 0 Å². The van der Waals surface area contributed by atoms with Gasteiger partial charge in [0.25, 0.3) is 0 Å². The van der Waals surface area contributed by atoms with E-state index in [0.29, 0.717) is 0 Å². The van der Waals surface area contributed by atoms with Gasteiger partial charge in [0, 0.05) is 0 Å². The molecule has 1 aromatic carbocycles. The van der Waals surface area contributed by atoms with Crippen LogP contribution in [0.25, 0.3) is 0 Å². The fourth-order valence-corrected chi connectivity index (χ4v) is 0.962. The van der Waals surface area contributed by atoms with Gasteiger partial charge in [0.05, 0.1) is 0 Å². The standard InChI is InChI=1S/C10H8F6O2.C2H6/c11-9(12,13)5-17-7-1-2-8(4-3-7)18-6-10(14,15)16;1-2/h1-4H,5-6H2;1-2H3. The van der Waals surface area contributed by atoms with Gasteiger partial charge >= 0.3 is 12.4 Å². The first kappa shape index (κ1) is 18.4. The van der Waals surface area contributed by atoms with Gasteiger partial charge in [0.15, 0.2) is 13.2 Å². The van der Waals surface area contributed by atoms with Crippen LogP contribution in [-0.4, -0.2) is 25.6 Å². The van der Waals surface area contributed by atoms with Crippen LogP contribution in [0.5, 0.6) is 11.5 Å². The van der Waals surface area contributed by atoms with E-state index in [0.717, 1.165) is 24.3 Å². The van der Waals surface area contributed by atoms with Crippen LogP contribution in [0, 0.1) is 0 Å². The molecule has 0 heterocycles. The average molecular weight is 304 g/mol. The van der Waals surface area contributed by atoms with Crippen molar-refractivity contribution in [2.45, 2.75) is 26.2 Å². The molecule has 2 nitrogen and oxygen atoms in total. The minimum Gasteiger partial charge on any atom is -0.484 e. The molecular weight excluding hydrogens is 290 g/mol. The fourth-order valence-electron chi connectivity index (χ4n) is 0.962. The smallest absolute Gasteiger partial charge is 0.422 e. The van der Waals surface area contributed by atoms with Crippen LogP contribution in [0.2, 0.25) is 0 Å². The number of rotatable bonds is 4. The highest BCUT2D eigenvalue weighted by atomic mass is 19.4. The first-order valence-electron chi connectivity index (χ1n) is 5.65. The highest BCUT2D eigenvalue weighted by Crippen LogP contribution is 2.23. The lowest BCUT2D eigenvalue weighted by Crippen LogP contribution is -2.19. The normalized spacial score (nSPS) is 11.4. The number of alkyl halides is 6. The molecule has 0 spiro atoms. The van der Waals surface area contributed by atoms with Crippen LogP contribution in [0.3, 0.4) is 0 Å². The molecule has 20 heavy (non-hydrogen) atoms. The summed E-state index contributed by atoms with van der Waals surface area (Å²) in [5, 5.41) is 0. The van der Waals surface area contributed by atoms with Crippen molar-refractivity contribution < 1.29 is 35.8 Å². The molecule has 1 rings (SSSR count). The predicted molar refractivity (Wildman–Crippen MR) is 60.9 cm³/mol. The summed E-state index contributed by atoms with van der Waals surface area (Å²) in [6.07, 6.45) is -8.93. The van der Waals surface area contributed by atoms with Crippen LogP contribution >= 0.6 is 0 Å². The molecule has 0 aromatic heterocycles. The quantitative estimate of drug-likeness (QED) is 0.757. The van der Waals surface area contributed by atoms with E-state index in [2.05, 4.69) is 9.47 Å². The van der Waals surface area contributed by atoms with E-state index in [1.54, 1.807) is 0 Å². The van der Waals surface area contributed by atoms with Crippen LogP contribution in [-0.2, 0) is 0 Å². The Hall–Kier alpha value is -1.60. The van der Waals surface area contributed by atoms with Crippen molar-refractivity contribution in [3.63, 3.8) is 0 Å². The van der Waals surface area contributed by atoms with Crippen molar-refractivity contribution in [3.8, 4) is 11.5 Å². The minimum atomic E-state index is -4.47. The van der Waals surface area contributed by atoms with Gasteiger partial charge in [-0.1, -0.05) is 13.8 Å². The molecular formula is C12H14F6O2. The molecule has 0 amide bonds. The zero-order valence-electron chi connectivity index (χ0n) is 10.8. The van der Waals surface area contributed by atoms with Gasteiger partial charge in [-0.15, -0.1) is 0 Å². The third-order valence-electron chi connectivity index (χ3n) is 1.63. The molecule has 0 N–H and O–H groups in total. The third-order valence-corrected chi connectivity index (χ3v) is 1.63. The first-order valence-corrected chi connectivity index (χ1v) is 5.65. The predicted octanol–water partition coefficient (Wildman–Crippen LogP) is 4.60. The highest BCUT2D eigenvalue weighted by molar-refractivity contribution is 5.31. The van der Waals surface area contributed by atoms with Crippen LogP contribution in [0.4, 0.5) is 26.3 Å². The molecule has 0 bridgehead atoms. The van der Waals surface area contributed by atoms with Gasteiger partial charge in [-0.05, 0) is 24.3 Å². The number of ether oxygens (including phenoxy) is 2. The molecule has 0 aliphatic heterocycles. The average Bonchev–Trinajstić information content (AvgIpc) is 2.36. The van der Waals surface area contributed by atoms with Gasteiger partial charge < -0.3 is 9.47 Å². The molecule has 0 aliphatic carbocycles. The van der Waals surface area contributed by atoms with E-state index >= 15 is 0 Å². The lowest BCUT2D eigenvalue weighted by Gasteiger charge is -2.11. The van der Waals surface area contributed by atoms with Crippen molar-refractivity contribution >= 4 is 0 Å². The second-order valence-corrected chi connectivity index (χ2v) is 3.28. The summed E-state index contributed by atoms with van der Waals surface area (Å²) < 4.78 is 79.5. The van der Waals surface area contributed by atoms with Crippen molar-refractivity contribution in [1.82, 2.24) is 0 Å². The van der Waals surface area contributed by atoms with E-state index in [1.165, 1.54) is 0 Å². The van der Waals surface area contributed by atoms with Crippen LogP contribution in [0.1, 0.15) is 13.8 Å². The Labute approximate surface area is 112 Å². The number of hydrogen-bond acceptors (Lipinski definition) is 2. The molecule has 0 unspecified atom stereocenters. The van der Waals surface area contributed by atoms with Gasteiger partial charge in [0.1, 0.15) is 11.5 Å². The summed E-state index contributed by atoms with van der Waals surface area (Å²) in [6, 6.07) is 4.38. The Balaban J connectivity index is 0.00000172. The highest BCUT2D eigenvalue weighted by Gasteiger charge is 2.29. The van der Waals surface area contributed by atoms with E-state index < -0.39 is 25.6 Å². The number of halogens is 6. The molecule has 8 heteroatoms. The summed E-state index contributed by atoms with van der Waals surface area (Å²) in [6.45, 7) is 1.07. The van der Waals surface area contributed by atoms with Crippen molar-refractivity contribution in [2.24, 2.45) is 0 Å². The Morgan fingerprint density at radius 1 is 0.700 bits per heavy atom. The van der Waals surface area contributed by atoms with E-state index in [-0.39, 0.29) is 11.5 Å². The SMILES string of the molecule is CC.FC(F)(F)COc1ccc(OCC(F)(F)F)cc1. The molecule has 0 saturated heterocycles. The van der Waals surface area contributed by atoms with E-state index in [1.807, 2.05) is 13.8 Å². The maximum atomic E-state index is 11.8. The maximum absolute atomic E-state index is 11.8. The van der Waals surface area contributed by atoms with Crippen molar-refractivity contribution in [1.29, 1.82) is 0 Å². The Kier molecular flexibility index (Phi) is 7.23. The summed E-state index contributed by atoms with van der Waals surface area (Å²) in [5.41, 5.74) is 0. The largest absolute Gasteiger partial charge is 0.484 e. The summed E-state index contributed by atoms with van der Waals surface area (Å²) in [5.74, 6) is -0.210. The number of benzene rings is 1. The molecule has 116 valence electrons. The molecule has 0 atom stereocenters. The zero-order valence-corrected chi connectivity index (χ0v) is 10.8. The second kappa shape index (κ2) is 7.86. The molecule has 1 aromatic rings. The maximum Gasteiger partial charge on any atom is 0.422 e. The summed E-state index contributed by atoms with van der Waals surface area (Å²) >= 11 is 0. The van der Waals surface area contributed by atoms with E-state index in [9.17, 15) is 26.3 Å². The van der Waals surface area contributed by atoms with Crippen molar-refractivity contribution in [3.05, 3.63) is 24.3 Å². The van der Waals surface area contributed by atoms with Crippen molar-refractivity contribution in [2.75, 3.05) is 13.2 Å². The zero-order chi connectivity index (χ0) is 15.8. The Morgan fingerprint density at radius 2 is 0.950 bits per heavy atom. The Morgan fingerprint density at radius 3 is 1.15 bits per heavy atom. The lowest BCUT2D eigenvalue weighted by atomic mass is 10.3. The molecule has 0 aliphatic rings. The first-order chi connectivity index (χ1) is 9.16. The van der Waals surface area contributed by atoms with Gasteiger partial charge in [0.2, 0.25) is 0 Å². The van der Waals surface area contributed by atoms with Crippen LogP contribution in [0.15, 0.2) is 24.3 Å². The third kappa shape index (κ3) is 9.35. The lowest BCUT2D eigenvalue weighted by molar-refractivity contribution is -0.154. The number of hydrogen-bond donors (Lipinski definition) is 0. The van der Waals surface area contributed by atoms with Gasteiger partial charge in [-0.2, -0.15) is 26.3 Å². The topological polar surface area (TPSA) is 18.5 Å². The van der Waals surface area contributed by atoms with E-state index in [4.69, 9.17) is 0 Å². The molecule has 0 saturated carbocycles. The van der Waals surface area contributed by atoms with Crippen LogP contribution < -0.4 is 9.47 Å². The second-order valence-electron chi connectivity index (χ2n) is 3.28. The molecule has 0 radical (unpaired) electrons.